The predicted octanol–water partition coefficient (Wildman–Crippen LogP) is 1.80. The van der Waals surface area contributed by atoms with E-state index in [1.165, 1.54) is 17.6 Å². The van der Waals surface area contributed by atoms with Gasteiger partial charge >= 0.3 is 0 Å². The van der Waals surface area contributed by atoms with E-state index in [0.717, 1.165) is 24.6 Å². The van der Waals surface area contributed by atoms with Gasteiger partial charge in [-0.05, 0) is 36.3 Å². The van der Waals surface area contributed by atoms with Crippen LogP contribution in [-0.2, 0) is 13.5 Å². The molecular formula is C10H17ClN4. The van der Waals surface area contributed by atoms with Crippen LogP contribution in [0.25, 0.3) is 0 Å². The van der Waals surface area contributed by atoms with E-state index in [1.54, 1.807) is 7.05 Å². The molecule has 2 rings (SSSR count). The highest BCUT2D eigenvalue weighted by molar-refractivity contribution is 6.20. The average molecular weight is 229 g/mol. The normalized spacial score (nSPS) is 31.8. The van der Waals surface area contributed by atoms with Crippen molar-refractivity contribution in [2.24, 2.45) is 18.9 Å². The van der Waals surface area contributed by atoms with Gasteiger partial charge in [-0.3, -0.25) is 0 Å². The minimum absolute atomic E-state index is 0.282. The second-order valence-corrected chi connectivity index (χ2v) is 5.15. The molecule has 0 amide bonds. The molecule has 0 saturated heterocycles. The maximum absolute atomic E-state index is 6.32. The Morgan fingerprint density at radius 1 is 1.47 bits per heavy atom. The summed E-state index contributed by atoms with van der Waals surface area (Å²) in [6.07, 6.45) is 4.42. The number of halogens is 1. The number of alkyl halides is 1. The fraction of sp³-hybridized carbons (Fsp3) is 0.900. The van der Waals surface area contributed by atoms with Crippen LogP contribution >= 0.6 is 11.6 Å². The van der Waals surface area contributed by atoms with E-state index in [-0.39, 0.29) is 5.38 Å². The molecule has 0 N–H and O–H groups in total. The van der Waals surface area contributed by atoms with Crippen molar-refractivity contribution >= 4 is 11.6 Å². The van der Waals surface area contributed by atoms with Crippen molar-refractivity contribution in [3.63, 3.8) is 0 Å². The minimum Gasteiger partial charge on any atom is -0.167 e. The third-order valence-electron chi connectivity index (χ3n) is 3.15. The lowest BCUT2D eigenvalue weighted by molar-refractivity contribution is 0.284. The fourth-order valence-corrected chi connectivity index (χ4v) is 2.63. The number of rotatable bonds is 2. The Hall–Kier alpha value is -0.640. The molecule has 84 valence electrons. The lowest BCUT2D eigenvalue weighted by Gasteiger charge is -2.30. The van der Waals surface area contributed by atoms with Crippen LogP contribution in [0, 0.1) is 11.8 Å². The Morgan fingerprint density at radius 3 is 2.93 bits per heavy atom. The summed E-state index contributed by atoms with van der Waals surface area (Å²) in [5, 5.41) is 12.3. The standard InChI is InChI=1S/C10H17ClN4/c1-7-3-4-9(11)8(5-7)6-10-12-14-15(2)13-10/h7-9H,3-6H2,1-2H3. The first-order valence-corrected chi connectivity index (χ1v) is 5.95. The Kier molecular flexibility index (Phi) is 3.24. The first kappa shape index (κ1) is 10.9. The molecule has 15 heavy (non-hydrogen) atoms. The monoisotopic (exact) mass is 228 g/mol. The number of tetrazole rings is 1. The molecule has 1 saturated carbocycles. The van der Waals surface area contributed by atoms with Gasteiger partial charge in [-0.2, -0.15) is 4.80 Å². The molecule has 3 atom stereocenters. The Balaban J connectivity index is 1.98. The van der Waals surface area contributed by atoms with Gasteiger partial charge in [0, 0.05) is 11.8 Å². The van der Waals surface area contributed by atoms with Crippen molar-refractivity contribution in [3.8, 4) is 0 Å². The Labute approximate surface area is 95.0 Å². The van der Waals surface area contributed by atoms with Gasteiger partial charge in [0.1, 0.15) is 0 Å². The van der Waals surface area contributed by atoms with Crippen molar-refractivity contribution in [3.05, 3.63) is 5.82 Å². The first-order chi connectivity index (χ1) is 7.15. The van der Waals surface area contributed by atoms with Gasteiger partial charge in [0.05, 0.1) is 7.05 Å². The molecule has 5 heteroatoms. The molecule has 1 aromatic heterocycles. The van der Waals surface area contributed by atoms with Crippen LogP contribution in [0.15, 0.2) is 0 Å². The van der Waals surface area contributed by atoms with Gasteiger partial charge in [0.2, 0.25) is 0 Å². The third kappa shape index (κ3) is 2.68. The molecule has 1 aliphatic carbocycles. The highest BCUT2D eigenvalue weighted by Crippen LogP contribution is 2.33. The fourth-order valence-electron chi connectivity index (χ4n) is 2.31. The van der Waals surface area contributed by atoms with E-state index >= 15 is 0 Å². The van der Waals surface area contributed by atoms with E-state index in [1.807, 2.05) is 0 Å². The maximum atomic E-state index is 6.32. The second kappa shape index (κ2) is 4.47. The van der Waals surface area contributed by atoms with E-state index in [2.05, 4.69) is 22.3 Å². The zero-order chi connectivity index (χ0) is 10.8. The highest BCUT2D eigenvalue weighted by atomic mass is 35.5. The van der Waals surface area contributed by atoms with Gasteiger partial charge < -0.3 is 0 Å². The summed E-state index contributed by atoms with van der Waals surface area (Å²) in [5.74, 6) is 2.11. The molecule has 0 radical (unpaired) electrons. The average Bonchev–Trinajstić information content (AvgIpc) is 2.58. The molecule has 3 unspecified atom stereocenters. The van der Waals surface area contributed by atoms with Crippen molar-refractivity contribution < 1.29 is 0 Å². The molecule has 0 bridgehead atoms. The first-order valence-electron chi connectivity index (χ1n) is 5.52. The van der Waals surface area contributed by atoms with Crippen LogP contribution in [0.5, 0.6) is 0 Å². The maximum Gasteiger partial charge on any atom is 0.175 e. The van der Waals surface area contributed by atoms with Crippen LogP contribution in [0.4, 0.5) is 0 Å². The summed E-state index contributed by atoms with van der Waals surface area (Å²) < 4.78 is 0. The number of hydrogen-bond acceptors (Lipinski definition) is 3. The van der Waals surface area contributed by atoms with Gasteiger partial charge in [-0.25, -0.2) is 0 Å². The van der Waals surface area contributed by atoms with Crippen molar-refractivity contribution in [1.29, 1.82) is 0 Å². The van der Waals surface area contributed by atoms with Crippen molar-refractivity contribution in [2.75, 3.05) is 0 Å². The lowest BCUT2D eigenvalue weighted by Crippen LogP contribution is -2.26. The molecular weight excluding hydrogens is 212 g/mol. The van der Waals surface area contributed by atoms with E-state index in [9.17, 15) is 0 Å². The highest BCUT2D eigenvalue weighted by Gasteiger charge is 2.28. The summed E-state index contributed by atoms with van der Waals surface area (Å²) in [6.45, 7) is 2.29. The van der Waals surface area contributed by atoms with Gasteiger partial charge in [-0.15, -0.1) is 21.8 Å². The molecule has 1 aromatic rings. The van der Waals surface area contributed by atoms with Crippen LogP contribution in [-0.4, -0.2) is 25.6 Å². The smallest absolute Gasteiger partial charge is 0.167 e. The molecule has 0 aliphatic heterocycles. The molecule has 1 heterocycles. The summed E-state index contributed by atoms with van der Waals surface area (Å²) >= 11 is 6.32. The number of nitrogens with zero attached hydrogens (tertiary/aromatic N) is 4. The van der Waals surface area contributed by atoms with Crippen molar-refractivity contribution in [2.45, 2.75) is 38.0 Å². The quantitative estimate of drug-likeness (QED) is 0.725. The summed E-state index contributed by atoms with van der Waals surface area (Å²) in [5.41, 5.74) is 0. The molecule has 1 fully saturated rings. The summed E-state index contributed by atoms with van der Waals surface area (Å²) in [6, 6.07) is 0. The Morgan fingerprint density at radius 2 is 2.27 bits per heavy atom. The predicted molar refractivity (Wildman–Crippen MR) is 58.6 cm³/mol. The van der Waals surface area contributed by atoms with Crippen LogP contribution in [0.3, 0.4) is 0 Å². The van der Waals surface area contributed by atoms with E-state index in [4.69, 9.17) is 11.6 Å². The van der Waals surface area contributed by atoms with Gasteiger partial charge in [0.25, 0.3) is 0 Å². The van der Waals surface area contributed by atoms with Crippen molar-refractivity contribution in [1.82, 2.24) is 20.2 Å². The lowest BCUT2D eigenvalue weighted by atomic mass is 9.80. The SMILES string of the molecule is CC1CCC(Cl)C(Cc2nnn(C)n2)C1. The third-order valence-corrected chi connectivity index (χ3v) is 3.72. The summed E-state index contributed by atoms with van der Waals surface area (Å²) in [7, 11) is 1.79. The Bertz CT molecular complexity index is 325. The molecule has 0 spiro atoms. The minimum atomic E-state index is 0.282. The van der Waals surface area contributed by atoms with Gasteiger partial charge in [-0.1, -0.05) is 6.92 Å². The van der Waals surface area contributed by atoms with Gasteiger partial charge in [0.15, 0.2) is 5.82 Å². The molecule has 4 nitrogen and oxygen atoms in total. The number of aromatic nitrogens is 4. The summed E-state index contributed by atoms with van der Waals surface area (Å²) in [4.78, 5) is 1.50. The molecule has 0 aromatic carbocycles. The van der Waals surface area contributed by atoms with E-state index in [0.29, 0.717) is 5.92 Å². The molecule has 1 aliphatic rings. The number of hydrogen-bond donors (Lipinski definition) is 0. The van der Waals surface area contributed by atoms with Crippen LogP contribution in [0.2, 0.25) is 0 Å². The van der Waals surface area contributed by atoms with Crippen LogP contribution < -0.4 is 0 Å². The van der Waals surface area contributed by atoms with E-state index < -0.39 is 0 Å². The zero-order valence-corrected chi connectivity index (χ0v) is 9.98. The second-order valence-electron chi connectivity index (χ2n) is 4.59. The number of aryl methyl sites for hydroxylation is 1. The van der Waals surface area contributed by atoms with Crippen LogP contribution in [0.1, 0.15) is 32.0 Å². The largest absolute Gasteiger partial charge is 0.175 e. The topological polar surface area (TPSA) is 43.6 Å². The zero-order valence-electron chi connectivity index (χ0n) is 9.23.